The van der Waals surface area contributed by atoms with Crippen LogP contribution < -0.4 is 5.32 Å². The molecular formula is C23H27ClN4O. The van der Waals surface area contributed by atoms with E-state index in [1.807, 2.05) is 58.2 Å². The van der Waals surface area contributed by atoms with Gasteiger partial charge in [0, 0.05) is 25.8 Å². The molecule has 1 aromatic heterocycles. The summed E-state index contributed by atoms with van der Waals surface area (Å²) in [5.41, 5.74) is 2.74. The summed E-state index contributed by atoms with van der Waals surface area (Å²) in [4.78, 5) is 15.2. The van der Waals surface area contributed by atoms with Crippen LogP contribution in [0.25, 0.3) is 0 Å². The Hall–Kier alpha value is -2.63. The van der Waals surface area contributed by atoms with Gasteiger partial charge in [-0.05, 0) is 36.6 Å². The lowest BCUT2D eigenvalue weighted by Crippen LogP contribution is -2.33. The highest BCUT2D eigenvalue weighted by atomic mass is 35.5. The highest BCUT2D eigenvalue weighted by molar-refractivity contribution is 5.92. The maximum atomic E-state index is 13.3. The predicted molar refractivity (Wildman–Crippen MR) is 117 cm³/mol. The topological polar surface area (TPSA) is 50.2 Å². The Morgan fingerprint density at radius 2 is 1.62 bits per heavy atom. The zero-order valence-corrected chi connectivity index (χ0v) is 17.2. The van der Waals surface area contributed by atoms with Crippen molar-refractivity contribution >= 4 is 18.3 Å². The van der Waals surface area contributed by atoms with Gasteiger partial charge in [-0.2, -0.15) is 5.10 Å². The number of halogens is 1. The van der Waals surface area contributed by atoms with Crippen LogP contribution in [0.2, 0.25) is 0 Å². The van der Waals surface area contributed by atoms with E-state index >= 15 is 0 Å². The average molecular weight is 411 g/mol. The number of amides is 1. The zero-order chi connectivity index (χ0) is 19.2. The summed E-state index contributed by atoms with van der Waals surface area (Å²) in [6.07, 6.45) is 4.18. The van der Waals surface area contributed by atoms with Crippen molar-refractivity contribution in [3.63, 3.8) is 0 Å². The number of carbonyl (C=O) groups is 1. The standard InChI is InChI=1S/C23H26N4O.ClH/c28-23(22-13-15-27(25-22)21-12-7-14-24-16-21)26(17-19-8-3-1-4-9-19)18-20-10-5-2-6-11-20;/h1-6,8-11,13,15,21,24H,7,12,14,16-18H2;1H. The number of piperidine rings is 1. The minimum atomic E-state index is -0.0322. The molecule has 1 aliphatic heterocycles. The fraction of sp³-hybridized carbons (Fsp3) is 0.304. The second-order valence-electron chi connectivity index (χ2n) is 7.31. The number of benzene rings is 2. The van der Waals surface area contributed by atoms with E-state index in [4.69, 9.17) is 0 Å². The van der Waals surface area contributed by atoms with Crippen LogP contribution >= 0.6 is 12.4 Å². The minimum Gasteiger partial charge on any atom is -0.329 e. The molecule has 152 valence electrons. The molecule has 1 aliphatic rings. The Bertz CT molecular complexity index is 850. The summed E-state index contributed by atoms with van der Waals surface area (Å²) in [7, 11) is 0. The maximum Gasteiger partial charge on any atom is 0.274 e. The molecule has 1 unspecified atom stereocenters. The molecule has 0 radical (unpaired) electrons. The lowest BCUT2D eigenvalue weighted by molar-refractivity contribution is 0.0722. The highest BCUT2D eigenvalue weighted by Gasteiger charge is 2.22. The first kappa shape index (κ1) is 21.1. The van der Waals surface area contributed by atoms with Crippen molar-refractivity contribution in [2.75, 3.05) is 13.1 Å². The summed E-state index contributed by atoms with van der Waals surface area (Å²) in [6, 6.07) is 22.4. The summed E-state index contributed by atoms with van der Waals surface area (Å²) in [6.45, 7) is 3.09. The summed E-state index contributed by atoms with van der Waals surface area (Å²) in [5.74, 6) is -0.0322. The highest BCUT2D eigenvalue weighted by Crippen LogP contribution is 2.18. The maximum absolute atomic E-state index is 13.3. The van der Waals surface area contributed by atoms with Gasteiger partial charge in [0.1, 0.15) is 5.69 Å². The molecule has 29 heavy (non-hydrogen) atoms. The molecule has 5 nitrogen and oxygen atoms in total. The molecule has 4 rings (SSSR count). The molecule has 1 saturated heterocycles. The molecule has 1 amide bonds. The van der Waals surface area contributed by atoms with Gasteiger partial charge in [-0.3, -0.25) is 9.48 Å². The first-order chi connectivity index (χ1) is 13.8. The molecule has 0 spiro atoms. The summed E-state index contributed by atoms with van der Waals surface area (Å²) >= 11 is 0. The van der Waals surface area contributed by atoms with Crippen LogP contribution in [0.15, 0.2) is 72.9 Å². The molecule has 0 saturated carbocycles. The van der Waals surface area contributed by atoms with E-state index in [9.17, 15) is 4.79 Å². The zero-order valence-electron chi connectivity index (χ0n) is 16.4. The van der Waals surface area contributed by atoms with Crippen LogP contribution in [0.1, 0.15) is 40.5 Å². The Labute approximate surface area is 178 Å². The van der Waals surface area contributed by atoms with Crippen LogP contribution in [0.3, 0.4) is 0 Å². The molecule has 1 fully saturated rings. The summed E-state index contributed by atoms with van der Waals surface area (Å²) < 4.78 is 1.95. The number of hydrogen-bond acceptors (Lipinski definition) is 3. The third kappa shape index (κ3) is 5.46. The number of hydrogen-bond donors (Lipinski definition) is 1. The fourth-order valence-electron chi connectivity index (χ4n) is 3.68. The van der Waals surface area contributed by atoms with Crippen LogP contribution in [-0.4, -0.2) is 33.7 Å². The molecular weight excluding hydrogens is 384 g/mol. The van der Waals surface area contributed by atoms with Gasteiger partial charge >= 0.3 is 0 Å². The van der Waals surface area contributed by atoms with Gasteiger partial charge in [0.05, 0.1) is 6.04 Å². The van der Waals surface area contributed by atoms with Gasteiger partial charge < -0.3 is 10.2 Å². The van der Waals surface area contributed by atoms with E-state index in [1.54, 1.807) is 0 Å². The van der Waals surface area contributed by atoms with Gasteiger partial charge in [-0.1, -0.05) is 60.7 Å². The van der Waals surface area contributed by atoms with Gasteiger partial charge in [-0.25, -0.2) is 0 Å². The molecule has 0 aliphatic carbocycles. The van der Waals surface area contributed by atoms with Crippen molar-refractivity contribution in [1.29, 1.82) is 0 Å². The van der Waals surface area contributed by atoms with E-state index in [0.717, 1.165) is 37.1 Å². The van der Waals surface area contributed by atoms with Gasteiger partial charge in [0.15, 0.2) is 0 Å². The molecule has 1 atom stereocenters. The number of nitrogens with zero attached hydrogens (tertiary/aromatic N) is 3. The monoisotopic (exact) mass is 410 g/mol. The van der Waals surface area contributed by atoms with Crippen molar-refractivity contribution in [2.45, 2.75) is 32.0 Å². The Morgan fingerprint density at radius 3 is 2.17 bits per heavy atom. The molecule has 3 aromatic rings. The second-order valence-corrected chi connectivity index (χ2v) is 7.31. The van der Waals surface area contributed by atoms with Crippen molar-refractivity contribution in [3.8, 4) is 0 Å². The van der Waals surface area contributed by atoms with Crippen molar-refractivity contribution in [3.05, 3.63) is 89.7 Å². The first-order valence-electron chi connectivity index (χ1n) is 9.92. The number of nitrogens with one attached hydrogen (secondary N) is 1. The first-order valence-corrected chi connectivity index (χ1v) is 9.92. The lowest BCUT2D eigenvalue weighted by atomic mass is 10.1. The van der Waals surface area contributed by atoms with Crippen molar-refractivity contribution < 1.29 is 4.79 Å². The van der Waals surface area contributed by atoms with Gasteiger partial charge in [0.2, 0.25) is 0 Å². The van der Waals surface area contributed by atoms with Gasteiger partial charge in [-0.15, -0.1) is 12.4 Å². The van der Waals surface area contributed by atoms with Gasteiger partial charge in [0.25, 0.3) is 5.91 Å². The predicted octanol–water partition coefficient (Wildman–Crippen LogP) is 4.07. The SMILES string of the molecule is Cl.O=C(c1ccn(C2CCCNC2)n1)N(Cc1ccccc1)Cc1ccccc1. The molecule has 1 N–H and O–H groups in total. The quantitative estimate of drug-likeness (QED) is 0.666. The Kier molecular flexibility index (Phi) is 7.44. The van der Waals surface area contributed by atoms with E-state index < -0.39 is 0 Å². The van der Waals surface area contributed by atoms with E-state index in [1.165, 1.54) is 0 Å². The van der Waals surface area contributed by atoms with Crippen LogP contribution in [0.5, 0.6) is 0 Å². The minimum absolute atomic E-state index is 0. The average Bonchev–Trinajstić information content (AvgIpc) is 3.25. The number of aromatic nitrogens is 2. The van der Waals surface area contributed by atoms with E-state index in [-0.39, 0.29) is 18.3 Å². The van der Waals surface area contributed by atoms with Crippen LogP contribution in [0, 0.1) is 0 Å². The lowest BCUT2D eigenvalue weighted by Gasteiger charge is -2.24. The fourth-order valence-corrected chi connectivity index (χ4v) is 3.68. The molecule has 6 heteroatoms. The normalized spacial score (nSPS) is 16.1. The van der Waals surface area contributed by atoms with E-state index in [2.05, 4.69) is 34.7 Å². The second kappa shape index (κ2) is 10.2. The van der Waals surface area contributed by atoms with Crippen LogP contribution in [0.4, 0.5) is 0 Å². The number of carbonyl (C=O) groups excluding carboxylic acids is 1. The number of rotatable bonds is 6. The van der Waals surface area contributed by atoms with Crippen LogP contribution in [-0.2, 0) is 13.1 Å². The van der Waals surface area contributed by atoms with Crippen molar-refractivity contribution in [1.82, 2.24) is 20.0 Å². The largest absolute Gasteiger partial charge is 0.329 e. The van der Waals surface area contributed by atoms with E-state index in [0.29, 0.717) is 24.8 Å². The molecule has 2 aromatic carbocycles. The Morgan fingerprint density at radius 1 is 1.00 bits per heavy atom. The molecule has 2 heterocycles. The smallest absolute Gasteiger partial charge is 0.274 e. The third-order valence-corrected chi connectivity index (χ3v) is 5.19. The summed E-state index contributed by atoms with van der Waals surface area (Å²) in [5, 5.41) is 8.03. The van der Waals surface area contributed by atoms with Crippen molar-refractivity contribution in [2.24, 2.45) is 0 Å². The Balaban J connectivity index is 0.00000240. The third-order valence-electron chi connectivity index (χ3n) is 5.19. The molecule has 0 bridgehead atoms.